The van der Waals surface area contributed by atoms with Crippen molar-refractivity contribution in [1.82, 2.24) is 24.8 Å². The molecule has 140 valence electrons. The number of ether oxygens (including phenoxy) is 2. The van der Waals surface area contributed by atoms with Crippen molar-refractivity contribution in [3.05, 3.63) is 60.6 Å². The van der Waals surface area contributed by atoms with Gasteiger partial charge in [-0.15, -0.1) is 0 Å². The van der Waals surface area contributed by atoms with Gasteiger partial charge in [0.15, 0.2) is 0 Å². The van der Waals surface area contributed by atoms with Gasteiger partial charge in [-0.25, -0.2) is 9.97 Å². The first-order valence-electron chi connectivity index (χ1n) is 9.14. The summed E-state index contributed by atoms with van der Waals surface area (Å²) in [4.78, 5) is 18.9. The summed E-state index contributed by atoms with van der Waals surface area (Å²) in [5.74, 6) is 3.46. The van der Waals surface area contributed by atoms with Crippen molar-refractivity contribution in [3.8, 4) is 17.4 Å². The Morgan fingerprint density at radius 3 is 2.59 bits per heavy atom. The lowest BCUT2D eigenvalue weighted by Gasteiger charge is -2.30. The van der Waals surface area contributed by atoms with E-state index in [1.54, 1.807) is 19.5 Å². The number of aromatic nitrogens is 4. The van der Waals surface area contributed by atoms with E-state index < -0.39 is 0 Å². The average Bonchev–Trinajstić information content (AvgIpc) is 3.22. The predicted octanol–water partition coefficient (Wildman–Crippen LogP) is 3.38. The second-order valence-corrected chi connectivity index (χ2v) is 6.65. The van der Waals surface area contributed by atoms with Crippen LogP contribution in [0.1, 0.15) is 30.3 Å². The third-order valence-electron chi connectivity index (χ3n) is 4.85. The number of aromatic amines is 1. The summed E-state index contributed by atoms with van der Waals surface area (Å²) in [6.07, 6.45) is 9.29. The van der Waals surface area contributed by atoms with Crippen LogP contribution >= 0.6 is 0 Å². The van der Waals surface area contributed by atoms with Gasteiger partial charge in [-0.1, -0.05) is 0 Å². The lowest BCUT2D eigenvalue weighted by molar-refractivity contribution is 0.199. The van der Waals surface area contributed by atoms with E-state index in [1.807, 2.05) is 36.7 Å². The monoisotopic (exact) mass is 365 g/mol. The number of imidazole rings is 1. The highest BCUT2D eigenvalue weighted by atomic mass is 16.5. The van der Waals surface area contributed by atoms with Gasteiger partial charge in [-0.05, 0) is 50.2 Å². The van der Waals surface area contributed by atoms with Gasteiger partial charge in [0.1, 0.15) is 17.3 Å². The normalized spacial score (nSPS) is 15.6. The summed E-state index contributed by atoms with van der Waals surface area (Å²) in [6, 6.07) is 7.45. The third kappa shape index (κ3) is 4.43. The highest BCUT2D eigenvalue weighted by molar-refractivity contribution is 5.33. The first kappa shape index (κ1) is 17.5. The average molecular weight is 365 g/mol. The van der Waals surface area contributed by atoms with Gasteiger partial charge in [0.2, 0.25) is 5.88 Å². The maximum Gasteiger partial charge on any atom is 0.238 e. The highest BCUT2D eigenvalue weighted by Crippen LogP contribution is 2.29. The third-order valence-corrected chi connectivity index (χ3v) is 4.85. The fraction of sp³-hybridized carbons (Fsp3) is 0.350. The van der Waals surface area contributed by atoms with Gasteiger partial charge in [0.25, 0.3) is 0 Å². The Morgan fingerprint density at radius 1 is 1.11 bits per heavy atom. The Balaban J connectivity index is 1.36. The minimum absolute atomic E-state index is 0.407. The molecular weight excluding hydrogens is 342 g/mol. The zero-order valence-electron chi connectivity index (χ0n) is 15.3. The summed E-state index contributed by atoms with van der Waals surface area (Å²) in [6.45, 7) is 2.92. The smallest absolute Gasteiger partial charge is 0.238 e. The van der Waals surface area contributed by atoms with Crippen LogP contribution < -0.4 is 9.47 Å². The van der Waals surface area contributed by atoms with E-state index in [1.165, 1.54) is 0 Å². The maximum absolute atomic E-state index is 5.85. The zero-order chi connectivity index (χ0) is 18.5. The fourth-order valence-electron chi connectivity index (χ4n) is 3.36. The van der Waals surface area contributed by atoms with Crippen LogP contribution in [0.25, 0.3) is 0 Å². The van der Waals surface area contributed by atoms with Crippen molar-refractivity contribution in [2.24, 2.45) is 0 Å². The van der Waals surface area contributed by atoms with Gasteiger partial charge in [-0.2, -0.15) is 0 Å². The molecule has 0 unspecified atom stereocenters. The Bertz CT molecular complexity index is 843. The Morgan fingerprint density at radius 2 is 1.89 bits per heavy atom. The minimum atomic E-state index is 0.407. The second-order valence-electron chi connectivity index (χ2n) is 6.65. The number of benzene rings is 1. The van der Waals surface area contributed by atoms with E-state index in [-0.39, 0.29) is 0 Å². The van der Waals surface area contributed by atoms with Crippen molar-refractivity contribution >= 4 is 0 Å². The van der Waals surface area contributed by atoms with Gasteiger partial charge >= 0.3 is 0 Å². The Hall–Kier alpha value is -2.93. The van der Waals surface area contributed by atoms with Crippen LogP contribution in [0, 0.1) is 0 Å². The summed E-state index contributed by atoms with van der Waals surface area (Å²) in [7, 11) is 1.64. The molecule has 1 aliphatic heterocycles. The molecular formula is C20H23N5O2. The molecule has 1 N–H and O–H groups in total. The largest absolute Gasteiger partial charge is 0.497 e. The van der Waals surface area contributed by atoms with E-state index in [4.69, 9.17) is 9.47 Å². The van der Waals surface area contributed by atoms with Crippen LogP contribution in [0.5, 0.6) is 17.4 Å². The number of nitrogens with one attached hydrogen (secondary N) is 1. The number of hydrogen-bond donors (Lipinski definition) is 1. The Labute approximate surface area is 158 Å². The van der Waals surface area contributed by atoms with Crippen LogP contribution in [0.4, 0.5) is 0 Å². The number of H-pyrrole nitrogens is 1. The summed E-state index contributed by atoms with van der Waals surface area (Å²) >= 11 is 0. The molecule has 1 aliphatic rings. The standard InChI is InChI=1S/C20H23N5O2/c1-26-16-2-4-17(5-3-16)27-20-13-21-12-18(24-20)15-6-10-25(11-7-15)14-19-22-8-9-23-19/h2-5,8-9,12-13,15H,6-7,10-11,14H2,1H3,(H,22,23). The van der Waals surface area contributed by atoms with E-state index in [0.717, 1.165) is 55.5 Å². The van der Waals surface area contributed by atoms with Crippen LogP contribution in [0.15, 0.2) is 49.1 Å². The topological polar surface area (TPSA) is 76.2 Å². The zero-order valence-corrected chi connectivity index (χ0v) is 15.3. The molecule has 0 atom stereocenters. The van der Waals surface area contributed by atoms with E-state index in [9.17, 15) is 0 Å². The molecule has 4 rings (SSSR count). The van der Waals surface area contributed by atoms with Gasteiger partial charge in [-0.3, -0.25) is 9.88 Å². The first-order valence-corrected chi connectivity index (χ1v) is 9.14. The summed E-state index contributed by atoms with van der Waals surface area (Å²) < 4.78 is 11.0. The fourth-order valence-corrected chi connectivity index (χ4v) is 3.36. The lowest BCUT2D eigenvalue weighted by atomic mass is 9.94. The quantitative estimate of drug-likeness (QED) is 0.722. The molecule has 0 aliphatic carbocycles. The molecule has 0 saturated carbocycles. The van der Waals surface area contributed by atoms with Crippen molar-refractivity contribution in [3.63, 3.8) is 0 Å². The molecule has 7 nitrogen and oxygen atoms in total. The molecule has 0 amide bonds. The lowest BCUT2D eigenvalue weighted by Crippen LogP contribution is -2.33. The number of nitrogens with zero attached hydrogens (tertiary/aromatic N) is 4. The van der Waals surface area contributed by atoms with Crippen molar-refractivity contribution in [1.29, 1.82) is 0 Å². The molecule has 1 saturated heterocycles. The highest BCUT2D eigenvalue weighted by Gasteiger charge is 2.22. The molecule has 7 heteroatoms. The minimum Gasteiger partial charge on any atom is -0.497 e. The second kappa shape index (κ2) is 8.18. The molecule has 27 heavy (non-hydrogen) atoms. The first-order chi connectivity index (χ1) is 13.3. The van der Waals surface area contributed by atoms with Crippen LogP contribution in [0.2, 0.25) is 0 Å². The van der Waals surface area contributed by atoms with Crippen molar-refractivity contribution in [2.45, 2.75) is 25.3 Å². The maximum atomic E-state index is 5.85. The van der Waals surface area contributed by atoms with E-state index >= 15 is 0 Å². The number of likely N-dealkylation sites (tertiary alicyclic amines) is 1. The molecule has 0 spiro atoms. The molecule has 0 bridgehead atoms. The Kier molecular flexibility index (Phi) is 5.29. The van der Waals surface area contributed by atoms with Crippen LogP contribution in [0.3, 0.4) is 0 Å². The van der Waals surface area contributed by atoms with Crippen LogP contribution in [-0.4, -0.2) is 45.0 Å². The van der Waals surface area contributed by atoms with Crippen LogP contribution in [-0.2, 0) is 6.54 Å². The molecule has 3 heterocycles. The number of rotatable bonds is 6. The molecule has 2 aromatic heterocycles. The summed E-state index contributed by atoms with van der Waals surface area (Å²) in [5, 5.41) is 0. The SMILES string of the molecule is COc1ccc(Oc2cncc(C3CCN(Cc4ncc[nH]4)CC3)n2)cc1. The molecule has 1 fully saturated rings. The molecule has 1 aromatic carbocycles. The number of hydrogen-bond acceptors (Lipinski definition) is 6. The van der Waals surface area contributed by atoms with Gasteiger partial charge in [0.05, 0.1) is 25.5 Å². The van der Waals surface area contributed by atoms with E-state index in [2.05, 4.69) is 24.8 Å². The predicted molar refractivity (Wildman–Crippen MR) is 101 cm³/mol. The van der Waals surface area contributed by atoms with Crippen molar-refractivity contribution in [2.75, 3.05) is 20.2 Å². The van der Waals surface area contributed by atoms with Gasteiger partial charge in [0, 0.05) is 24.5 Å². The number of piperidine rings is 1. The van der Waals surface area contributed by atoms with Crippen molar-refractivity contribution < 1.29 is 9.47 Å². The number of methoxy groups -OCH3 is 1. The molecule has 3 aromatic rings. The summed E-state index contributed by atoms with van der Waals surface area (Å²) in [5.41, 5.74) is 0.999. The van der Waals surface area contributed by atoms with Gasteiger partial charge < -0.3 is 14.5 Å². The van der Waals surface area contributed by atoms with E-state index in [0.29, 0.717) is 11.8 Å². The molecule has 0 radical (unpaired) electrons.